The van der Waals surface area contributed by atoms with Gasteiger partial charge in [0, 0.05) is 38.2 Å². The van der Waals surface area contributed by atoms with Crippen LogP contribution < -0.4 is 14.4 Å². The summed E-state index contributed by atoms with van der Waals surface area (Å²) in [5.41, 5.74) is 1.99. The second-order valence-electron chi connectivity index (χ2n) is 7.09. The van der Waals surface area contributed by atoms with Crippen LogP contribution in [0.4, 0.5) is 10.5 Å². The van der Waals surface area contributed by atoms with Gasteiger partial charge in [-0.15, -0.1) is 0 Å². The molecule has 3 rings (SSSR count). The fourth-order valence-corrected chi connectivity index (χ4v) is 3.39. The van der Waals surface area contributed by atoms with Gasteiger partial charge in [0.15, 0.2) is 0 Å². The number of methoxy groups -OCH3 is 2. The molecule has 0 aliphatic carbocycles. The molecule has 2 aromatic rings. The van der Waals surface area contributed by atoms with Crippen molar-refractivity contribution < 1.29 is 19.0 Å². The average molecular weight is 384 g/mol. The number of hydrogen-bond acceptors (Lipinski definition) is 5. The molecule has 1 aliphatic rings. The standard InChI is InChI=1S/C22H28N2O4/c1-16(23(2)20-11-10-19(26-3)12-21(20)27-4)18-13-24(14-18)22(25)28-15-17-8-6-5-7-9-17/h5-12,16,18H,13-15H2,1-4H3. The zero-order chi connectivity index (χ0) is 20.1. The van der Waals surface area contributed by atoms with Crippen molar-refractivity contribution in [2.75, 3.05) is 39.3 Å². The van der Waals surface area contributed by atoms with Gasteiger partial charge in [0.05, 0.1) is 19.9 Å². The van der Waals surface area contributed by atoms with E-state index in [0.29, 0.717) is 25.6 Å². The van der Waals surface area contributed by atoms with Crippen LogP contribution in [0.25, 0.3) is 0 Å². The highest BCUT2D eigenvalue weighted by molar-refractivity contribution is 5.69. The summed E-state index contributed by atoms with van der Waals surface area (Å²) in [6.07, 6.45) is -0.253. The third kappa shape index (κ3) is 4.32. The first-order valence-corrected chi connectivity index (χ1v) is 9.44. The van der Waals surface area contributed by atoms with E-state index >= 15 is 0 Å². The van der Waals surface area contributed by atoms with Crippen LogP contribution in [0.3, 0.4) is 0 Å². The Morgan fingerprint density at radius 1 is 1.14 bits per heavy atom. The van der Waals surface area contributed by atoms with Gasteiger partial charge in [-0.05, 0) is 24.6 Å². The summed E-state index contributed by atoms with van der Waals surface area (Å²) in [5.74, 6) is 1.91. The van der Waals surface area contributed by atoms with Crippen LogP contribution in [0.15, 0.2) is 48.5 Å². The van der Waals surface area contributed by atoms with Gasteiger partial charge in [0.25, 0.3) is 0 Å². The van der Waals surface area contributed by atoms with Crippen molar-refractivity contribution >= 4 is 11.8 Å². The lowest BCUT2D eigenvalue weighted by Crippen LogP contribution is -2.57. The van der Waals surface area contributed by atoms with Gasteiger partial charge in [-0.25, -0.2) is 4.79 Å². The lowest BCUT2D eigenvalue weighted by molar-refractivity contribution is 0.0433. The van der Waals surface area contributed by atoms with E-state index in [4.69, 9.17) is 14.2 Å². The summed E-state index contributed by atoms with van der Waals surface area (Å²) < 4.78 is 16.2. The molecule has 6 nitrogen and oxygen atoms in total. The number of benzene rings is 2. The van der Waals surface area contributed by atoms with E-state index in [0.717, 1.165) is 22.7 Å². The van der Waals surface area contributed by atoms with E-state index in [9.17, 15) is 4.79 Å². The number of rotatable bonds is 7. The highest BCUT2D eigenvalue weighted by Crippen LogP contribution is 2.35. The minimum absolute atomic E-state index is 0.250. The number of ether oxygens (including phenoxy) is 3. The first-order chi connectivity index (χ1) is 13.5. The Labute approximate surface area is 166 Å². The van der Waals surface area contributed by atoms with E-state index < -0.39 is 0 Å². The molecule has 1 atom stereocenters. The zero-order valence-corrected chi connectivity index (χ0v) is 16.9. The Hall–Kier alpha value is -2.89. The van der Waals surface area contributed by atoms with E-state index in [1.807, 2.05) is 55.6 Å². The molecular weight excluding hydrogens is 356 g/mol. The van der Waals surface area contributed by atoms with Crippen LogP contribution in [-0.2, 0) is 11.3 Å². The second-order valence-corrected chi connectivity index (χ2v) is 7.09. The van der Waals surface area contributed by atoms with Gasteiger partial charge >= 0.3 is 6.09 Å². The Kier molecular flexibility index (Phi) is 6.29. The maximum Gasteiger partial charge on any atom is 0.410 e. The van der Waals surface area contributed by atoms with Crippen LogP contribution in [0, 0.1) is 5.92 Å². The van der Waals surface area contributed by atoms with Gasteiger partial charge in [0.1, 0.15) is 18.1 Å². The van der Waals surface area contributed by atoms with Crippen LogP contribution in [0.2, 0.25) is 0 Å². The number of amides is 1. The number of nitrogens with zero attached hydrogens (tertiary/aromatic N) is 2. The molecule has 0 spiro atoms. The smallest absolute Gasteiger partial charge is 0.410 e. The summed E-state index contributed by atoms with van der Waals surface area (Å²) in [7, 11) is 5.34. The lowest BCUT2D eigenvalue weighted by Gasteiger charge is -2.45. The fraction of sp³-hybridized carbons (Fsp3) is 0.409. The number of carbonyl (C=O) groups excluding carboxylic acids is 1. The molecule has 0 N–H and O–H groups in total. The molecule has 6 heteroatoms. The Morgan fingerprint density at radius 2 is 1.86 bits per heavy atom. The molecule has 1 amide bonds. The quantitative estimate of drug-likeness (QED) is 0.727. The molecule has 2 aromatic carbocycles. The molecule has 1 saturated heterocycles. The maximum absolute atomic E-state index is 12.2. The Bertz CT molecular complexity index is 790. The molecule has 0 aromatic heterocycles. The highest BCUT2D eigenvalue weighted by atomic mass is 16.6. The van der Waals surface area contributed by atoms with Gasteiger partial charge in [-0.3, -0.25) is 0 Å². The topological polar surface area (TPSA) is 51.2 Å². The zero-order valence-electron chi connectivity index (χ0n) is 16.9. The molecule has 1 aliphatic heterocycles. The van der Waals surface area contributed by atoms with Gasteiger partial charge in [0.2, 0.25) is 0 Å². The first kappa shape index (κ1) is 19.9. The monoisotopic (exact) mass is 384 g/mol. The van der Waals surface area contributed by atoms with Gasteiger partial charge in [-0.1, -0.05) is 30.3 Å². The largest absolute Gasteiger partial charge is 0.497 e. The minimum Gasteiger partial charge on any atom is -0.497 e. The van der Waals surface area contributed by atoms with Gasteiger partial charge in [-0.2, -0.15) is 0 Å². The predicted octanol–water partition coefficient (Wildman–Crippen LogP) is 3.80. The number of hydrogen-bond donors (Lipinski definition) is 0. The third-order valence-electron chi connectivity index (χ3n) is 5.43. The molecular formula is C22H28N2O4. The summed E-state index contributed by atoms with van der Waals surface area (Å²) in [6.45, 7) is 3.86. The Balaban J connectivity index is 1.53. The summed E-state index contributed by atoms with van der Waals surface area (Å²) in [4.78, 5) is 16.2. The van der Waals surface area contributed by atoms with Crippen molar-refractivity contribution in [3.63, 3.8) is 0 Å². The van der Waals surface area contributed by atoms with Gasteiger partial charge < -0.3 is 24.0 Å². The molecule has 1 heterocycles. The summed E-state index contributed by atoms with van der Waals surface area (Å²) >= 11 is 0. The fourth-order valence-electron chi connectivity index (χ4n) is 3.39. The molecule has 0 radical (unpaired) electrons. The lowest BCUT2D eigenvalue weighted by atomic mass is 9.92. The van der Waals surface area contributed by atoms with Crippen molar-refractivity contribution in [3.05, 3.63) is 54.1 Å². The average Bonchev–Trinajstić information content (AvgIpc) is 2.70. The summed E-state index contributed by atoms with van der Waals surface area (Å²) in [5, 5.41) is 0. The molecule has 1 unspecified atom stereocenters. The number of likely N-dealkylation sites (tertiary alicyclic amines) is 1. The maximum atomic E-state index is 12.2. The molecule has 0 saturated carbocycles. The summed E-state index contributed by atoms with van der Waals surface area (Å²) in [6, 6.07) is 15.8. The van der Waals surface area contributed by atoms with Crippen LogP contribution in [0.1, 0.15) is 12.5 Å². The molecule has 0 bridgehead atoms. The van der Waals surface area contributed by atoms with Crippen LogP contribution >= 0.6 is 0 Å². The molecule has 28 heavy (non-hydrogen) atoms. The number of carbonyl (C=O) groups is 1. The van der Waals surface area contributed by atoms with Crippen molar-refractivity contribution in [2.45, 2.75) is 19.6 Å². The van der Waals surface area contributed by atoms with E-state index in [-0.39, 0.29) is 12.1 Å². The number of anilines is 1. The van der Waals surface area contributed by atoms with E-state index in [2.05, 4.69) is 11.8 Å². The minimum atomic E-state index is -0.253. The van der Waals surface area contributed by atoms with Crippen molar-refractivity contribution in [3.8, 4) is 11.5 Å². The van der Waals surface area contributed by atoms with Crippen molar-refractivity contribution in [1.82, 2.24) is 4.90 Å². The first-order valence-electron chi connectivity index (χ1n) is 9.44. The molecule has 1 fully saturated rings. The highest BCUT2D eigenvalue weighted by Gasteiger charge is 2.37. The van der Waals surface area contributed by atoms with Crippen LogP contribution in [0.5, 0.6) is 11.5 Å². The van der Waals surface area contributed by atoms with E-state index in [1.165, 1.54) is 0 Å². The van der Waals surface area contributed by atoms with Crippen molar-refractivity contribution in [2.24, 2.45) is 5.92 Å². The normalized spacial score (nSPS) is 14.8. The Morgan fingerprint density at radius 3 is 2.50 bits per heavy atom. The van der Waals surface area contributed by atoms with Crippen LogP contribution in [-0.4, -0.2) is 51.4 Å². The van der Waals surface area contributed by atoms with E-state index in [1.54, 1.807) is 19.1 Å². The second kappa shape index (κ2) is 8.87. The molecule has 150 valence electrons. The van der Waals surface area contributed by atoms with Crippen molar-refractivity contribution in [1.29, 1.82) is 0 Å². The predicted molar refractivity (Wildman–Crippen MR) is 109 cm³/mol. The third-order valence-corrected chi connectivity index (χ3v) is 5.43. The SMILES string of the molecule is COc1ccc(N(C)C(C)C2CN(C(=O)OCc3ccccc3)C2)c(OC)c1.